The fourth-order valence-corrected chi connectivity index (χ4v) is 3.71. The highest BCUT2D eigenvalue weighted by atomic mass is 35.5. The zero-order valence-electron chi connectivity index (χ0n) is 15.1. The van der Waals surface area contributed by atoms with E-state index in [1.807, 2.05) is 4.90 Å². The van der Waals surface area contributed by atoms with Gasteiger partial charge in [0.15, 0.2) is 5.43 Å². The number of anilines is 1. The van der Waals surface area contributed by atoms with Crippen LogP contribution in [0.1, 0.15) is 0 Å². The Labute approximate surface area is 166 Å². The van der Waals surface area contributed by atoms with E-state index in [1.165, 1.54) is 18.2 Å². The number of rotatable bonds is 3. The first-order valence-corrected chi connectivity index (χ1v) is 9.46. The summed E-state index contributed by atoms with van der Waals surface area (Å²) in [6, 6.07) is 13.0. The van der Waals surface area contributed by atoms with E-state index in [1.54, 1.807) is 41.1 Å². The van der Waals surface area contributed by atoms with Gasteiger partial charge in [-0.3, -0.25) is 9.59 Å². The standard InChI is InChI=1S/C21H19ClFN3O2/c22-15-1-6-19-18(13-15)20(27)7-8-26(19)14-21(28)25-11-9-24(10-12-25)17-4-2-16(23)3-5-17/h1-8,13H,9-12,14H2. The maximum atomic E-state index is 13.1. The minimum Gasteiger partial charge on any atom is -0.368 e. The van der Waals surface area contributed by atoms with Crippen LogP contribution >= 0.6 is 11.6 Å². The first-order valence-electron chi connectivity index (χ1n) is 9.08. The Hall–Kier alpha value is -2.86. The van der Waals surface area contributed by atoms with Gasteiger partial charge < -0.3 is 14.4 Å². The van der Waals surface area contributed by atoms with Crippen LogP contribution in [0.15, 0.2) is 59.5 Å². The van der Waals surface area contributed by atoms with Gasteiger partial charge in [0.25, 0.3) is 0 Å². The molecule has 0 bridgehead atoms. The molecule has 0 unspecified atom stereocenters. The summed E-state index contributed by atoms with van der Waals surface area (Å²) in [5, 5.41) is 0.995. The van der Waals surface area contributed by atoms with Crippen LogP contribution in [0.2, 0.25) is 5.02 Å². The molecule has 0 N–H and O–H groups in total. The Morgan fingerprint density at radius 2 is 1.71 bits per heavy atom. The number of pyridine rings is 1. The van der Waals surface area contributed by atoms with Gasteiger partial charge in [-0.15, -0.1) is 0 Å². The van der Waals surface area contributed by atoms with Crippen molar-refractivity contribution in [2.75, 3.05) is 31.1 Å². The molecular weight excluding hydrogens is 381 g/mol. The molecule has 4 rings (SSSR count). The van der Waals surface area contributed by atoms with E-state index in [0.29, 0.717) is 42.1 Å². The molecule has 0 radical (unpaired) electrons. The van der Waals surface area contributed by atoms with E-state index in [9.17, 15) is 14.0 Å². The van der Waals surface area contributed by atoms with Gasteiger partial charge in [-0.2, -0.15) is 0 Å². The van der Waals surface area contributed by atoms with Crippen molar-refractivity contribution in [3.63, 3.8) is 0 Å². The number of piperazine rings is 1. The van der Waals surface area contributed by atoms with E-state index < -0.39 is 0 Å². The summed E-state index contributed by atoms with van der Waals surface area (Å²) in [5.74, 6) is -0.258. The summed E-state index contributed by atoms with van der Waals surface area (Å²) >= 11 is 5.99. The highest BCUT2D eigenvalue weighted by Gasteiger charge is 2.21. The van der Waals surface area contributed by atoms with Gasteiger partial charge in [-0.05, 0) is 42.5 Å². The number of hydrogen-bond acceptors (Lipinski definition) is 3. The van der Waals surface area contributed by atoms with E-state index in [2.05, 4.69) is 4.90 Å². The van der Waals surface area contributed by atoms with Crippen molar-refractivity contribution < 1.29 is 9.18 Å². The van der Waals surface area contributed by atoms with E-state index in [4.69, 9.17) is 11.6 Å². The molecule has 0 spiro atoms. The summed E-state index contributed by atoms with van der Waals surface area (Å²) < 4.78 is 14.9. The van der Waals surface area contributed by atoms with Crippen molar-refractivity contribution in [3.05, 3.63) is 75.8 Å². The van der Waals surface area contributed by atoms with Gasteiger partial charge in [0.1, 0.15) is 12.4 Å². The quantitative estimate of drug-likeness (QED) is 0.679. The Morgan fingerprint density at radius 3 is 2.43 bits per heavy atom. The Kier molecular flexibility index (Phi) is 5.05. The number of fused-ring (bicyclic) bond motifs is 1. The van der Waals surface area contributed by atoms with Crippen LogP contribution in [0, 0.1) is 5.82 Å². The van der Waals surface area contributed by atoms with Crippen LogP contribution in [0.4, 0.5) is 10.1 Å². The lowest BCUT2D eigenvalue weighted by molar-refractivity contribution is -0.132. The first kappa shape index (κ1) is 18.5. The highest BCUT2D eigenvalue weighted by Crippen LogP contribution is 2.19. The normalized spacial score (nSPS) is 14.5. The van der Waals surface area contributed by atoms with E-state index >= 15 is 0 Å². The molecular formula is C21H19ClFN3O2. The van der Waals surface area contributed by atoms with Crippen molar-refractivity contribution in [2.24, 2.45) is 0 Å². The number of halogens is 2. The third kappa shape index (κ3) is 3.73. The van der Waals surface area contributed by atoms with Gasteiger partial charge in [-0.1, -0.05) is 11.6 Å². The topological polar surface area (TPSA) is 45.6 Å². The molecule has 5 nitrogen and oxygen atoms in total. The molecule has 1 aliphatic heterocycles. The summed E-state index contributed by atoms with van der Waals surface area (Å²) in [5.41, 5.74) is 1.53. The fraction of sp³-hybridized carbons (Fsp3) is 0.238. The van der Waals surface area contributed by atoms with Crippen LogP contribution in [0.25, 0.3) is 10.9 Å². The lowest BCUT2D eigenvalue weighted by Crippen LogP contribution is -2.49. The minimum atomic E-state index is -0.257. The predicted molar refractivity (Wildman–Crippen MR) is 108 cm³/mol. The Morgan fingerprint density at radius 1 is 1.00 bits per heavy atom. The second kappa shape index (κ2) is 7.64. The third-order valence-electron chi connectivity index (χ3n) is 5.07. The number of benzene rings is 2. The smallest absolute Gasteiger partial charge is 0.242 e. The SMILES string of the molecule is O=C(Cn1ccc(=O)c2cc(Cl)ccc21)N1CCN(c2ccc(F)cc2)CC1. The largest absolute Gasteiger partial charge is 0.368 e. The minimum absolute atomic E-state index is 0.00125. The van der Waals surface area contributed by atoms with Gasteiger partial charge in [0, 0.05) is 54.5 Å². The number of amides is 1. The van der Waals surface area contributed by atoms with Gasteiger partial charge >= 0.3 is 0 Å². The van der Waals surface area contributed by atoms with Crippen LogP contribution in [0.5, 0.6) is 0 Å². The van der Waals surface area contributed by atoms with Crippen molar-refractivity contribution in [1.82, 2.24) is 9.47 Å². The predicted octanol–water partition coefficient (Wildman–Crippen LogP) is 3.14. The molecule has 1 fully saturated rings. The van der Waals surface area contributed by atoms with Gasteiger partial charge in [0.05, 0.1) is 5.52 Å². The summed E-state index contributed by atoms with van der Waals surface area (Å²) in [6.45, 7) is 2.74. The number of aromatic nitrogens is 1. The molecule has 2 heterocycles. The average Bonchev–Trinajstić information content (AvgIpc) is 2.71. The summed E-state index contributed by atoms with van der Waals surface area (Å²) in [7, 11) is 0. The van der Waals surface area contributed by atoms with E-state index in [-0.39, 0.29) is 23.7 Å². The number of carbonyl (C=O) groups excluding carboxylic acids is 1. The maximum Gasteiger partial charge on any atom is 0.242 e. The number of hydrogen-bond donors (Lipinski definition) is 0. The average molecular weight is 400 g/mol. The van der Waals surface area contributed by atoms with Crippen molar-refractivity contribution in [1.29, 1.82) is 0 Å². The van der Waals surface area contributed by atoms with Crippen LogP contribution in [-0.4, -0.2) is 41.6 Å². The Bertz CT molecular complexity index is 1070. The van der Waals surface area contributed by atoms with Crippen LogP contribution in [0.3, 0.4) is 0 Å². The molecule has 0 atom stereocenters. The monoisotopic (exact) mass is 399 g/mol. The second-order valence-electron chi connectivity index (χ2n) is 6.81. The van der Waals surface area contributed by atoms with Gasteiger partial charge in [0.2, 0.25) is 5.91 Å². The molecule has 3 aromatic rings. The molecule has 28 heavy (non-hydrogen) atoms. The van der Waals surface area contributed by atoms with Crippen molar-refractivity contribution in [2.45, 2.75) is 6.54 Å². The summed E-state index contributed by atoms with van der Waals surface area (Å²) in [6.07, 6.45) is 1.64. The number of carbonyl (C=O) groups is 1. The van der Waals surface area contributed by atoms with Gasteiger partial charge in [-0.25, -0.2) is 4.39 Å². The fourth-order valence-electron chi connectivity index (χ4n) is 3.53. The Balaban J connectivity index is 1.45. The van der Waals surface area contributed by atoms with Crippen LogP contribution < -0.4 is 10.3 Å². The molecule has 0 saturated carbocycles. The zero-order valence-corrected chi connectivity index (χ0v) is 15.9. The molecule has 7 heteroatoms. The zero-order chi connectivity index (χ0) is 19.7. The maximum absolute atomic E-state index is 13.1. The molecule has 1 amide bonds. The molecule has 1 aromatic heterocycles. The second-order valence-corrected chi connectivity index (χ2v) is 7.25. The number of nitrogens with zero attached hydrogens (tertiary/aromatic N) is 3. The summed E-state index contributed by atoms with van der Waals surface area (Å²) in [4.78, 5) is 28.8. The highest BCUT2D eigenvalue weighted by molar-refractivity contribution is 6.31. The molecule has 2 aromatic carbocycles. The van der Waals surface area contributed by atoms with Crippen molar-refractivity contribution >= 4 is 34.1 Å². The lowest BCUT2D eigenvalue weighted by Gasteiger charge is -2.36. The molecule has 1 saturated heterocycles. The van der Waals surface area contributed by atoms with Crippen LogP contribution in [-0.2, 0) is 11.3 Å². The third-order valence-corrected chi connectivity index (χ3v) is 5.30. The molecule has 0 aliphatic carbocycles. The first-order chi connectivity index (χ1) is 13.5. The molecule has 144 valence electrons. The van der Waals surface area contributed by atoms with E-state index in [0.717, 1.165) is 5.69 Å². The van der Waals surface area contributed by atoms with Crippen molar-refractivity contribution in [3.8, 4) is 0 Å². The lowest BCUT2D eigenvalue weighted by atomic mass is 10.2. The molecule has 1 aliphatic rings.